The summed E-state index contributed by atoms with van der Waals surface area (Å²) in [5.41, 5.74) is 0.336. The molecule has 2 aliphatic rings. The maximum atomic E-state index is 13.3. The molecule has 31 heavy (non-hydrogen) atoms. The van der Waals surface area contributed by atoms with Crippen LogP contribution in [-0.4, -0.2) is 63.9 Å². The van der Waals surface area contributed by atoms with Crippen LogP contribution in [-0.2, 0) is 9.59 Å². The van der Waals surface area contributed by atoms with Gasteiger partial charge >= 0.3 is 11.9 Å². The molecule has 1 aromatic carbocycles. The number of hydrogen-bond donors (Lipinski definition) is 1. The zero-order chi connectivity index (χ0) is 22.1. The lowest BCUT2D eigenvalue weighted by Gasteiger charge is -2.26. The maximum Gasteiger partial charge on any atom is 0.445 e. The van der Waals surface area contributed by atoms with E-state index in [-0.39, 0.29) is 17.5 Å². The molecule has 0 aliphatic carbocycles. The zero-order valence-electron chi connectivity index (χ0n) is 16.5. The van der Waals surface area contributed by atoms with E-state index in [9.17, 15) is 18.8 Å². The topological polar surface area (TPSA) is 94.2 Å². The van der Waals surface area contributed by atoms with Crippen LogP contribution in [0.1, 0.15) is 4.88 Å². The van der Waals surface area contributed by atoms with Crippen molar-refractivity contribution in [3.63, 3.8) is 0 Å². The number of carbonyl (C=O) groups is 3. The van der Waals surface area contributed by atoms with E-state index in [4.69, 9.17) is 0 Å². The third-order valence-electron chi connectivity index (χ3n) is 4.64. The number of rotatable bonds is 4. The van der Waals surface area contributed by atoms with Crippen molar-refractivity contribution in [2.45, 2.75) is 0 Å². The van der Waals surface area contributed by atoms with Crippen LogP contribution in [0.4, 0.5) is 14.9 Å². The molecule has 1 aromatic heterocycles. The Bertz CT molecular complexity index is 1170. The minimum absolute atomic E-state index is 0.0501. The van der Waals surface area contributed by atoms with E-state index in [2.05, 4.69) is 15.3 Å². The van der Waals surface area contributed by atoms with Gasteiger partial charge in [0.1, 0.15) is 10.9 Å². The summed E-state index contributed by atoms with van der Waals surface area (Å²) < 4.78 is 14.7. The summed E-state index contributed by atoms with van der Waals surface area (Å²) in [6, 6.07) is 8.78. The molecule has 0 saturated heterocycles. The summed E-state index contributed by atoms with van der Waals surface area (Å²) in [4.78, 5) is 48.4. The van der Waals surface area contributed by atoms with Crippen LogP contribution < -0.4 is 5.32 Å². The lowest BCUT2D eigenvalue weighted by Crippen LogP contribution is -2.54. The van der Waals surface area contributed by atoms with Gasteiger partial charge in [0.05, 0.1) is 24.7 Å². The highest BCUT2D eigenvalue weighted by atomic mass is 32.2. The van der Waals surface area contributed by atoms with Crippen LogP contribution in [0.5, 0.6) is 0 Å². The van der Waals surface area contributed by atoms with Gasteiger partial charge in [0.15, 0.2) is 5.92 Å². The highest BCUT2D eigenvalue weighted by Crippen LogP contribution is 2.27. The number of imide groups is 1. The summed E-state index contributed by atoms with van der Waals surface area (Å²) >= 11 is 2.51. The first-order valence-electron chi connectivity index (χ1n) is 9.16. The number of carbonyl (C=O) groups excluding carboxylic acids is 3. The van der Waals surface area contributed by atoms with Crippen LogP contribution in [0.3, 0.4) is 0 Å². The number of thioether (sulfide) groups is 1. The van der Waals surface area contributed by atoms with Crippen LogP contribution >= 0.6 is 23.1 Å². The highest BCUT2D eigenvalue weighted by Gasteiger charge is 2.49. The van der Waals surface area contributed by atoms with Crippen LogP contribution in [0.25, 0.3) is 0 Å². The Morgan fingerprint density at radius 1 is 1.29 bits per heavy atom. The van der Waals surface area contributed by atoms with E-state index in [0.29, 0.717) is 16.6 Å². The molecule has 0 radical (unpaired) electrons. The lowest BCUT2D eigenvalue weighted by atomic mass is 10.0. The molecular formula is C20H17FN5O3S2+. The second-order valence-electron chi connectivity index (χ2n) is 6.74. The second-order valence-corrected chi connectivity index (χ2v) is 8.68. The lowest BCUT2D eigenvalue weighted by molar-refractivity contribution is -0.407. The molecule has 158 valence electrons. The standard InChI is InChI=1S/C20H16FN5O3S2/c1-25-17-15(19(28)26(2)20(25)29)18(24-16(23-17)13-7-4-8-30-13)31-10-14(27)22-12-6-3-5-11(21)9-12/h3-9,15H,10H2,1-2H3/p+1. The van der Waals surface area contributed by atoms with Gasteiger partial charge in [-0.2, -0.15) is 9.48 Å². The Hall–Kier alpha value is -3.18. The molecule has 1 N–H and O–H groups in total. The Kier molecular flexibility index (Phi) is 5.79. The van der Waals surface area contributed by atoms with E-state index < -0.39 is 23.7 Å². The van der Waals surface area contributed by atoms with Crippen molar-refractivity contribution in [3.05, 3.63) is 52.5 Å². The summed E-state index contributed by atoms with van der Waals surface area (Å²) in [5.74, 6) is -1.55. The molecule has 1 atom stereocenters. The number of hydrogen-bond acceptors (Lipinski definition) is 7. The van der Waals surface area contributed by atoms with E-state index in [1.54, 1.807) is 13.1 Å². The fourth-order valence-corrected chi connectivity index (χ4v) is 4.64. The molecule has 4 rings (SSSR count). The molecule has 0 saturated carbocycles. The van der Waals surface area contributed by atoms with Crippen LogP contribution in [0.2, 0.25) is 0 Å². The van der Waals surface area contributed by atoms with Gasteiger partial charge in [0.2, 0.25) is 11.7 Å². The Labute approximate surface area is 185 Å². The molecule has 4 amide bonds. The van der Waals surface area contributed by atoms with Gasteiger partial charge in [-0.3, -0.25) is 9.59 Å². The highest BCUT2D eigenvalue weighted by molar-refractivity contribution is 8.14. The summed E-state index contributed by atoms with van der Waals surface area (Å²) in [7, 11) is 2.95. The first-order chi connectivity index (χ1) is 14.8. The van der Waals surface area contributed by atoms with Gasteiger partial charge < -0.3 is 5.32 Å². The Morgan fingerprint density at radius 3 is 2.81 bits per heavy atom. The van der Waals surface area contributed by atoms with Gasteiger partial charge in [0.25, 0.3) is 5.84 Å². The van der Waals surface area contributed by atoms with Gasteiger partial charge in [-0.1, -0.05) is 28.9 Å². The molecule has 0 spiro atoms. The summed E-state index contributed by atoms with van der Waals surface area (Å²) in [6.07, 6.45) is 0. The minimum Gasteiger partial charge on any atom is -0.325 e. The number of amidine groups is 2. The van der Waals surface area contributed by atoms with Crippen molar-refractivity contribution >= 4 is 63.3 Å². The first kappa shape index (κ1) is 21.1. The number of urea groups is 1. The monoisotopic (exact) mass is 458 g/mol. The van der Waals surface area contributed by atoms with Gasteiger partial charge in [0, 0.05) is 5.69 Å². The van der Waals surface area contributed by atoms with Crippen molar-refractivity contribution < 1.29 is 23.3 Å². The maximum absolute atomic E-state index is 13.3. The smallest absolute Gasteiger partial charge is 0.325 e. The van der Waals surface area contributed by atoms with Gasteiger partial charge in [-0.05, 0) is 29.6 Å². The van der Waals surface area contributed by atoms with Gasteiger partial charge in [-0.15, -0.1) is 11.3 Å². The number of thiophene rings is 1. The van der Waals surface area contributed by atoms with E-state index in [1.165, 1.54) is 41.2 Å². The average molecular weight is 459 g/mol. The van der Waals surface area contributed by atoms with Crippen molar-refractivity contribution in [2.75, 3.05) is 25.2 Å². The van der Waals surface area contributed by atoms with E-state index in [1.807, 2.05) is 17.5 Å². The largest absolute Gasteiger partial charge is 0.445 e. The number of benzene rings is 1. The molecule has 11 heteroatoms. The van der Waals surface area contributed by atoms with Crippen molar-refractivity contribution in [3.8, 4) is 0 Å². The SMILES string of the molecule is CN1C(=O)C2C(SCC(=O)Nc3cccc(F)c3)=NC(c3cccs3)=NC2=[N+](C)C1=O. The number of nitrogens with zero attached hydrogens (tertiary/aromatic N) is 4. The Balaban J connectivity index is 1.61. The summed E-state index contributed by atoms with van der Waals surface area (Å²) in [5, 5.41) is 4.87. The minimum atomic E-state index is -0.872. The number of anilines is 1. The molecule has 0 bridgehead atoms. The quantitative estimate of drug-likeness (QED) is 0.713. The third kappa shape index (κ3) is 4.19. The number of amides is 4. The molecule has 2 aliphatic heterocycles. The molecule has 1 unspecified atom stereocenters. The zero-order valence-corrected chi connectivity index (χ0v) is 18.2. The third-order valence-corrected chi connectivity index (χ3v) is 6.53. The van der Waals surface area contributed by atoms with Gasteiger partial charge in [-0.25, -0.2) is 14.2 Å². The van der Waals surface area contributed by atoms with Crippen LogP contribution in [0.15, 0.2) is 51.8 Å². The predicted octanol–water partition coefficient (Wildman–Crippen LogP) is 2.67. The fourth-order valence-electron chi connectivity index (χ4n) is 3.11. The molecule has 2 aromatic rings. The number of aliphatic imine (C=N–C) groups is 2. The molecule has 3 heterocycles. The molecule has 8 nitrogen and oxygen atoms in total. The average Bonchev–Trinajstić information content (AvgIpc) is 3.29. The van der Waals surface area contributed by atoms with E-state index in [0.717, 1.165) is 21.5 Å². The normalized spacial score (nSPS) is 18.5. The predicted molar refractivity (Wildman–Crippen MR) is 119 cm³/mol. The fraction of sp³-hybridized carbons (Fsp3) is 0.200. The second kappa shape index (κ2) is 8.52. The number of halogens is 1. The number of fused-ring (bicyclic) bond motifs is 1. The van der Waals surface area contributed by atoms with Crippen molar-refractivity contribution in [2.24, 2.45) is 15.9 Å². The first-order valence-corrected chi connectivity index (χ1v) is 11.0. The van der Waals surface area contributed by atoms with E-state index >= 15 is 0 Å². The van der Waals surface area contributed by atoms with Crippen molar-refractivity contribution in [1.82, 2.24) is 4.90 Å². The molecule has 0 fully saturated rings. The van der Waals surface area contributed by atoms with Crippen LogP contribution in [0, 0.1) is 11.7 Å². The molecular weight excluding hydrogens is 441 g/mol. The Morgan fingerprint density at radius 2 is 2.10 bits per heavy atom. The van der Waals surface area contributed by atoms with Crippen molar-refractivity contribution in [1.29, 1.82) is 0 Å². The summed E-state index contributed by atoms with van der Waals surface area (Å²) in [6.45, 7) is 0. The number of nitrogens with one attached hydrogen (secondary N) is 1.